The maximum absolute atomic E-state index is 5.58. The third-order valence-electron chi connectivity index (χ3n) is 1.91. The molecule has 0 aliphatic carbocycles. The Kier molecular flexibility index (Phi) is 4.87. The molecule has 1 atom stereocenters. The summed E-state index contributed by atoms with van der Waals surface area (Å²) in [5, 5.41) is 0. The minimum absolute atomic E-state index is 0.171. The maximum atomic E-state index is 5.58. The summed E-state index contributed by atoms with van der Waals surface area (Å²) in [5.74, 6) is 0.668. The molecule has 2 heteroatoms. The van der Waals surface area contributed by atoms with Gasteiger partial charge in [-0.05, 0) is 18.9 Å². The summed E-state index contributed by atoms with van der Waals surface area (Å²) in [7, 11) is 0. The smallest absolute Gasteiger partial charge is 0.0796 e. The van der Waals surface area contributed by atoms with Gasteiger partial charge in [-0.1, -0.05) is 30.3 Å². The first-order chi connectivity index (χ1) is 6.34. The molecule has 0 bridgehead atoms. The lowest BCUT2D eigenvalue weighted by Crippen LogP contribution is -2.01. The molecule has 1 rings (SSSR count). The van der Waals surface area contributed by atoms with E-state index in [4.69, 9.17) is 16.3 Å². The number of hydrogen-bond acceptors (Lipinski definition) is 1. The largest absolute Gasteiger partial charge is 0.374 e. The highest BCUT2D eigenvalue weighted by atomic mass is 35.5. The lowest BCUT2D eigenvalue weighted by atomic mass is 10.1. The van der Waals surface area contributed by atoms with Gasteiger partial charge in [0.1, 0.15) is 0 Å². The lowest BCUT2D eigenvalue weighted by Gasteiger charge is -2.12. The molecule has 0 heterocycles. The molecule has 1 aromatic rings. The van der Waals surface area contributed by atoms with Crippen LogP contribution in [0.15, 0.2) is 30.3 Å². The molecule has 0 aliphatic rings. The van der Waals surface area contributed by atoms with Gasteiger partial charge in [0.05, 0.1) is 6.10 Å². The quantitative estimate of drug-likeness (QED) is 0.521. The van der Waals surface area contributed by atoms with Crippen LogP contribution >= 0.6 is 11.6 Å². The zero-order chi connectivity index (χ0) is 9.52. The van der Waals surface area contributed by atoms with Crippen LogP contribution in [0.3, 0.4) is 0 Å². The van der Waals surface area contributed by atoms with Crippen molar-refractivity contribution in [2.75, 3.05) is 12.5 Å². The number of ether oxygens (including phenoxy) is 1. The summed E-state index contributed by atoms with van der Waals surface area (Å²) in [5.41, 5.74) is 1.22. The lowest BCUT2D eigenvalue weighted by molar-refractivity contribution is 0.0666. The zero-order valence-corrected chi connectivity index (χ0v) is 8.63. The van der Waals surface area contributed by atoms with E-state index in [0.717, 1.165) is 13.0 Å². The van der Waals surface area contributed by atoms with Crippen molar-refractivity contribution in [3.05, 3.63) is 35.9 Å². The van der Waals surface area contributed by atoms with E-state index in [2.05, 4.69) is 19.1 Å². The second kappa shape index (κ2) is 6.01. The first-order valence-corrected chi connectivity index (χ1v) is 5.10. The van der Waals surface area contributed by atoms with E-state index in [1.807, 2.05) is 18.2 Å². The van der Waals surface area contributed by atoms with Crippen LogP contribution in [0.5, 0.6) is 0 Å². The van der Waals surface area contributed by atoms with Crippen molar-refractivity contribution in [1.29, 1.82) is 0 Å². The maximum Gasteiger partial charge on any atom is 0.0796 e. The molecule has 0 aromatic heterocycles. The molecule has 1 unspecified atom stereocenters. The minimum Gasteiger partial charge on any atom is -0.374 e. The molecule has 0 N–H and O–H groups in total. The van der Waals surface area contributed by atoms with Crippen molar-refractivity contribution >= 4 is 11.6 Å². The fourth-order valence-electron chi connectivity index (χ4n) is 1.13. The van der Waals surface area contributed by atoms with Crippen LogP contribution in [-0.2, 0) is 4.74 Å². The van der Waals surface area contributed by atoms with Crippen molar-refractivity contribution in [3.63, 3.8) is 0 Å². The second-order valence-electron chi connectivity index (χ2n) is 2.97. The van der Waals surface area contributed by atoms with Crippen molar-refractivity contribution in [2.45, 2.75) is 19.4 Å². The Morgan fingerprint density at radius 3 is 2.62 bits per heavy atom. The first-order valence-electron chi connectivity index (χ1n) is 4.57. The number of benzene rings is 1. The molecule has 1 nitrogen and oxygen atoms in total. The Hall–Kier alpha value is -0.530. The highest BCUT2D eigenvalue weighted by molar-refractivity contribution is 6.17. The van der Waals surface area contributed by atoms with Gasteiger partial charge in [0.25, 0.3) is 0 Å². The Bertz CT molecular complexity index is 223. The van der Waals surface area contributed by atoms with Crippen molar-refractivity contribution in [3.8, 4) is 0 Å². The molecule has 0 amide bonds. The van der Waals surface area contributed by atoms with Crippen molar-refractivity contribution in [2.24, 2.45) is 0 Å². The molecule has 0 radical (unpaired) electrons. The second-order valence-corrected chi connectivity index (χ2v) is 3.34. The Morgan fingerprint density at radius 1 is 1.31 bits per heavy atom. The van der Waals surface area contributed by atoms with Crippen LogP contribution in [-0.4, -0.2) is 12.5 Å². The van der Waals surface area contributed by atoms with Gasteiger partial charge in [0.2, 0.25) is 0 Å². The standard InChI is InChI=1S/C11H15ClO/c1-10(13-9-5-8-12)11-6-3-2-4-7-11/h2-4,6-7,10H,5,8-9H2,1H3. The topological polar surface area (TPSA) is 9.23 Å². The predicted molar refractivity (Wildman–Crippen MR) is 56.1 cm³/mol. The van der Waals surface area contributed by atoms with Crippen LogP contribution in [0.2, 0.25) is 0 Å². The van der Waals surface area contributed by atoms with Crippen LogP contribution in [0, 0.1) is 0 Å². The van der Waals surface area contributed by atoms with E-state index in [9.17, 15) is 0 Å². The fraction of sp³-hybridized carbons (Fsp3) is 0.455. The van der Waals surface area contributed by atoms with Gasteiger partial charge in [-0.3, -0.25) is 0 Å². The summed E-state index contributed by atoms with van der Waals surface area (Å²) in [4.78, 5) is 0. The monoisotopic (exact) mass is 198 g/mol. The third kappa shape index (κ3) is 3.79. The van der Waals surface area contributed by atoms with E-state index >= 15 is 0 Å². The molecule has 13 heavy (non-hydrogen) atoms. The molecular weight excluding hydrogens is 184 g/mol. The summed E-state index contributed by atoms with van der Waals surface area (Å²) >= 11 is 5.55. The van der Waals surface area contributed by atoms with E-state index in [0.29, 0.717) is 5.88 Å². The van der Waals surface area contributed by atoms with E-state index in [1.165, 1.54) is 5.56 Å². The van der Waals surface area contributed by atoms with Crippen LogP contribution in [0.1, 0.15) is 25.0 Å². The SMILES string of the molecule is CC(OCCCCl)c1ccccc1. The molecule has 0 fully saturated rings. The Balaban J connectivity index is 2.35. The minimum atomic E-state index is 0.171. The number of alkyl halides is 1. The summed E-state index contributed by atoms with van der Waals surface area (Å²) in [6.07, 6.45) is 1.09. The highest BCUT2D eigenvalue weighted by Crippen LogP contribution is 2.15. The molecule has 0 saturated carbocycles. The zero-order valence-electron chi connectivity index (χ0n) is 7.87. The molecule has 0 saturated heterocycles. The molecule has 0 spiro atoms. The molecular formula is C11H15ClO. The van der Waals surface area contributed by atoms with E-state index in [1.54, 1.807) is 0 Å². The normalized spacial score (nSPS) is 12.8. The Labute approximate surface area is 84.7 Å². The van der Waals surface area contributed by atoms with Crippen LogP contribution in [0.4, 0.5) is 0 Å². The van der Waals surface area contributed by atoms with Gasteiger partial charge in [-0.25, -0.2) is 0 Å². The summed E-state index contributed by atoms with van der Waals surface area (Å²) < 4.78 is 5.58. The van der Waals surface area contributed by atoms with Gasteiger partial charge in [0, 0.05) is 12.5 Å². The van der Waals surface area contributed by atoms with E-state index < -0.39 is 0 Å². The summed E-state index contributed by atoms with van der Waals surface area (Å²) in [6.45, 7) is 2.79. The van der Waals surface area contributed by atoms with Crippen LogP contribution in [0.25, 0.3) is 0 Å². The number of hydrogen-bond donors (Lipinski definition) is 0. The van der Waals surface area contributed by atoms with Gasteiger partial charge >= 0.3 is 0 Å². The van der Waals surface area contributed by atoms with Gasteiger partial charge in [-0.2, -0.15) is 0 Å². The fourth-order valence-corrected chi connectivity index (χ4v) is 1.24. The summed E-state index contributed by atoms with van der Waals surface area (Å²) in [6, 6.07) is 10.2. The third-order valence-corrected chi connectivity index (χ3v) is 2.18. The van der Waals surface area contributed by atoms with Crippen molar-refractivity contribution in [1.82, 2.24) is 0 Å². The van der Waals surface area contributed by atoms with Crippen LogP contribution < -0.4 is 0 Å². The van der Waals surface area contributed by atoms with Gasteiger partial charge in [-0.15, -0.1) is 11.6 Å². The predicted octanol–water partition coefficient (Wildman–Crippen LogP) is 3.39. The van der Waals surface area contributed by atoms with Crippen molar-refractivity contribution < 1.29 is 4.74 Å². The average molecular weight is 199 g/mol. The van der Waals surface area contributed by atoms with Gasteiger partial charge < -0.3 is 4.74 Å². The first kappa shape index (κ1) is 10.6. The average Bonchev–Trinajstić information content (AvgIpc) is 2.19. The van der Waals surface area contributed by atoms with E-state index in [-0.39, 0.29) is 6.10 Å². The number of halogens is 1. The molecule has 1 aromatic carbocycles. The molecule has 72 valence electrons. The number of rotatable bonds is 5. The highest BCUT2D eigenvalue weighted by Gasteiger charge is 2.03. The Morgan fingerprint density at radius 2 is 2.00 bits per heavy atom. The molecule has 0 aliphatic heterocycles. The van der Waals surface area contributed by atoms with Gasteiger partial charge in [0.15, 0.2) is 0 Å².